The molecule has 0 spiro atoms. The van der Waals surface area contributed by atoms with Crippen molar-refractivity contribution in [2.24, 2.45) is 0 Å². The summed E-state index contributed by atoms with van der Waals surface area (Å²) in [4.78, 5) is 30.9. The number of para-hydroxylation sites is 1. The van der Waals surface area contributed by atoms with Gasteiger partial charge >= 0.3 is 0 Å². The number of hydrogen-bond donors (Lipinski definition) is 2. The highest BCUT2D eigenvalue weighted by Crippen LogP contribution is 2.42. The Morgan fingerprint density at radius 3 is 2.71 bits per heavy atom. The second-order valence-electron chi connectivity index (χ2n) is 9.75. The van der Waals surface area contributed by atoms with Gasteiger partial charge in [-0.3, -0.25) is 15.0 Å². The molecule has 1 aliphatic heterocycles. The van der Waals surface area contributed by atoms with E-state index in [2.05, 4.69) is 10.3 Å². The molecular weight excluding hydrogens is 568 g/mol. The Morgan fingerprint density at radius 1 is 1.32 bits per heavy atom. The van der Waals surface area contributed by atoms with Crippen molar-refractivity contribution >= 4 is 42.9 Å². The maximum absolute atomic E-state index is 15.5. The normalized spacial score (nSPS) is 16.1. The summed E-state index contributed by atoms with van der Waals surface area (Å²) < 4.78 is 38.6. The van der Waals surface area contributed by atoms with Crippen molar-refractivity contribution in [2.45, 2.75) is 57.1 Å². The number of alkyl halides is 1. The number of thiophene rings is 1. The standard InChI is InChI=1S/C29H35FN3O6PS/c1-4-7-22(34)29(30,40)26(31)24(35)23-17(2)25(27-32-12-15-38-27)41-28(23)33-16-21(39-18-10-13-37-14-11-18)19-8-5-6-9-20(19)36-3/h5-6,8-9,12,15,18,21,31,33H,4,7,10-11,13-14,16,40H2,1-3H3. The van der Waals surface area contributed by atoms with Crippen LogP contribution in [0.3, 0.4) is 0 Å². The van der Waals surface area contributed by atoms with Crippen molar-refractivity contribution in [1.29, 1.82) is 5.41 Å². The summed E-state index contributed by atoms with van der Waals surface area (Å²) in [6.45, 7) is 4.88. The minimum atomic E-state index is -2.80. The number of carbonyl (C=O) groups is 2. The van der Waals surface area contributed by atoms with Crippen LogP contribution >= 0.6 is 20.6 Å². The summed E-state index contributed by atoms with van der Waals surface area (Å²) in [5.74, 6) is -0.771. The van der Waals surface area contributed by atoms with Crippen molar-refractivity contribution in [3.05, 3.63) is 53.4 Å². The van der Waals surface area contributed by atoms with Gasteiger partial charge in [-0.1, -0.05) is 34.4 Å². The van der Waals surface area contributed by atoms with Crippen LogP contribution in [0.2, 0.25) is 0 Å². The lowest BCUT2D eigenvalue weighted by Crippen LogP contribution is -2.40. The summed E-state index contributed by atoms with van der Waals surface area (Å²) >= 11 is 1.21. The van der Waals surface area contributed by atoms with Gasteiger partial charge in [0.05, 0.1) is 29.9 Å². The first-order chi connectivity index (χ1) is 19.7. The van der Waals surface area contributed by atoms with Gasteiger partial charge in [0, 0.05) is 31.7 Å². The third kappa shape index (κ3) is 6.92. The molecule has 1 aromatic carbocycles. The van der Waals surface area contributed by atoms with E-state index in [-0.39, 0.29) is 24.6 Å². The van der Waals surface area contributed by atoms with Crippen molar-refractivity contribution < 1.29 is 32.6 Å². The smallest absolute Gasteiger partial charge is 0.236 e. The first kappa shape index (κ1) is 31.0. The summed E-state index contributed by atoms with van der Waals surface area (Å²) in [6.07, 6.45) is 4.22. The van der Waals surface area contributed by atoms with Crippen LogP contribution in [0.5, 0.6) is 5.75 Å². The van der Waals surface area contributed by atoms with Crippen molar-refractivity contribution in [3.63, 3.8) is 0 Å². The summed E-state index contributed by atoms with van der Waals surface area (Å²) in [5.41, 5.74) is 0.446. The molecule has 1 saturated heterocycles. The zero-order chi connectivity index (χ0) is 29.6. The molecule has 2 N–H and O–H groups in total. The highest BCUT2D eigenvalue weighted by Gasteiger charge is 2.43. The van der Waals surface area contributed by atoms with E-state index in [1.165, 1.54) is 23.8 Å². The minimum Gasteiger partial charge on any atom is -0.496 e. The van der Waals surface area contributed by atoms with Crippen molar-refractivity contribution in [2.75, 3.05) is 32.2 Å². The molecule has 4 rings (SSSR count). The van der Waals surface area contributed by atoms with Crippen LogP contribution in [0.25, 0.3) is 10.8 Å². The topological polar surface area (TPSA) is 124 Å². The molecule has 3 atom stereocenters. The number of hydrogen-bond acceptors (Lipinski definition) is 10. The largest absolute Gasteiger partial charge is 0.496 e. The molecule has 0 saturated carbocycles. The first-order valence-electron chi connectivity index (χ1n) is 13.5. The van der Waals surface area contributed by atoms with Crippen LogP contribution in [0.15, 0.2) is 41.1 Å². The molecule has 0 amide bonds. The molecule has 3 heterocycles. The molecule has 12 heteroatoms. The van der Waals surface area contributed by atoms with Crippen LogP contribution in [-0.2, 0) is 14.3 Å². The van der Waals surface area contributed by atoms with Gasteiger partial charge in [0.25, 0.3) is 0 Å². The fourth-order valence-electron chi connectivity index (χ4n) is 4.68. The molecule has 2 aromatic heterocycles. The second kappa shape index (κ2) is 13.8. The Bertz CT molecular complexity index is 1370. The predicted molar refractivity (Wildman–Crippen MR) is 159 cm³/mol. The fourth-order valence-corrected chi connectivity index (χ4v) is 6.11. The van der Waals surface area contributed by atoms with Gasteiger partial charge in [0.15, 0.2) is 5.78 Å². The first-order valence-corrected chi connectivity index (χ1v) is 14.9. The Morgan fingerprint density at radius 2 is 2.05 bits per heavy atom. The molecule has 3 unspecified atom stereocenters. The number of nitrogens with zero attached hydrogens (tertiary/aromatic N) is 1. The molecule has 1 fully saturated rings. The molecule has 3 aromatic rings. The number of methoxy groups -OCH3 is 1. The number of benzene rings is 1. The summed E-state index contributed by atoms with van der Waals surface area (Å²) in [7, 11) is 3.35. The number of ether oxygens (including phenoxy) is 3. The van der Waals surface area contributed by atoms with E-state index in [9.17, 15) is 9.59 Å². The van der Waals surface area contributed by atoms with Crippen LogP contribution in [0, 0.1) is 12.3 Å². The molecular formula is C29H35FN3O6PS. The Kier molecular flexibility index (Phi) is 10.4. The molecule has 0 radical (unpaired) electrons. The predicted octanol–water partition coefficient (Wildman–Crippen LogP) is 6.18. The summed E-state index contributed by atoms with van der Waals surface area (Å²) in [5, 5.41) is 9.33. The van der Waals surface area contributed by atoms with Gasteiger partial charge in [-0.05, 0) is 37.8 Å². The summed E-state index contributed by atoms with van der Waals surface area (Å²) in [6, 6.07) is 7.56. The van der Waals surface area contributed by atoms with Gasteiger partial charge < -0.3 is 23.9 Å². The van der Waals surface area contributed by atoms with Crippen LogP contribution in [-0.4, -0.2) is 60.6 Å². The third-order valence-corrected chi connectivity index (χ3v) is 8.78. The van der Waals surface area contributed by atoms with Crippen molar-refractivity contribution in [3.8, 4) is 16.5 Å². The van der Waals surface area contributed by atoms with Gasteiger partial charge in [-0.15, -0.1) is 11.3 Å². The fraction of sp³-hybridized carbons (Fsp3) is 0.448. The average Bonchev–Trinajstić information content (AvgIpc) is 3.63. The number of halogens is 1. The lowest BCUT2D eigenvalue weighted by atomic mass is 9.97. The molecule has 0 bridgehead atoms. The maximum atomic E-state index is 15.5. The Balaban J connectivity index is 1.69. The number of ketones is 2. The number of aromatic nitrogens is 1. The highest BCUT2D eigenvalue weighted by atomic mass is 32.1. The lowest BCUT2D eigenvalue weighted by molar-refractivity contribution is -0.123. The number of rotatable bonds is 14. The SMILES string of the molecule is CCCC(=O)C(F)(P)C(=N)C(=O)c1c(NCC(OC2CCOCC2)c2ccccc2OC)sc(-c2ncco2)c1C. The van der Waals surface area contributed by atoms with Gasteiger partial charge in [-0.25, -0.2) is 9.37 Å². The third-order valence-electron chi connectivity index (χ3n) is 6.93. The van der Waals surface area contributed by atoms with Gasteiger partial charge in [0.1, 0.15) is 28.8 Å². The second-order valence-corrected chi connectivity index (χ2v) is 11.6. The van der Waals surface area contributed by atoms with E-state index in [4.69, 9.17) is 24.0 Å². The number of oxazole rings is 1. The van der Waals surface area contributed by atoms with E-state index >= 15 is 4.39 Å². The molecule has 41 heavy (non-hydrogen) atoms. The quantitative estimate of drug-likeness (QED) is 0.127. The van der Waals surface area contributed by atoms with Crippen LogP contribution in [0.4, 0.5) is 9.39 Å². The molecule has 0 aliphatic carbocycles. The van der Waals surface area contributed by atoms with Crippen molar-refractivity contribution in [1.82, 2.24) is 4.98 Å². The average molecular weight is 604 g/mol. The molecule has 9 nitrogen and oxygen atoms in total. The number of anilines is 1. The van der Waals surface area contributed by atoms with E-state index in [0.29, 0.717) is 46.7 Å². The van der Waals surface area contributed by atoms with Crippen LogP contribution in [0.1, 0.15) is 60.2 Å². The zero-order valence-electron chi connectivity index (χ0n) is 23.3. The Labute approximate surface area is 244 Å². The van der Waals surface area contributed by atoms with Gasteiger partial charge in [0.2, 0.25) is 17.1 Å². The highest BCUT2D eigenvalue weighted by molar-refractivity contribution is 7.24. The van der Waals surface area contributed by atoms with E-state index < -0.39 is 28.8 Å². The molecule has 1 aliphatic rings. The van der Waals surface area contributed by atoms with E-state index in [1.54, 1.807) is 30.2 Å². The zero-order valence-corrected chi connectivity index (χ0v) is 25.3. The lowest BCUT2D eigenvalue weighted by Gasteiger charge is -2.29. The van der Waals surface area contributed by atoms with E-state index in [0.717, 1.165) is 18.4 Å². The maximum Gasteiger partial charge on any atom is 0.236 e. The van der Waals surface area contributed by atoms with Crippen LogP contribution < -0.4 is 10.1 Å². The van der Waals surface area contributed by atoms with E-state index in [1.807, 2.05) is 24.3 Å². The monoisotopic (exact) mass is 603 g/mol. The Hall–Kier alpha value is -2.98. The molecule has 220 valence electrons. The number of Topliss-reactive ketones (excluding diaryl/α,β-unsaturated/α-hetero) is 2. The minimum absolute atomic E-state index is 0.0310. The number of nitrogens with one attached hydrogen (secondary N) is 2. The number of carbonyl (C=O) groups excluding carboxylic acids is 2. The van der Waals surface area contributed by atoms with Gasteiger partial charge in [-0.2, -0.15) is 0 Å².